The van der Waals surface area contributed by atoms with Gasteiger partial charge < -0.3 is 5.32 Å². The fraction of sp³-hybridized carbons (Fsp3) is 0.0625. The van der Waals surface area contributed by atoms with Crippen molar-refractivity contribution in [3.63, 3.8) is 0 Å². The molecule has 2 rings (SSSR count). The molecule has 8 heteroatoms. The second-order valence-corrected chi connectivity index (χ2v) is 6.21. The molecule has 0 heterocycles. The predicted octanol–water partition coefficient (Wildman–Crippen LogP) is 2.56. The van der Waals surface area contributed by atoms with Gasteiger partial charge in [0, 0.05) is 24.7 Å². The van der Waals surface area contributed by atoms with Gasteiger partial charge in [-0.15, -0.1) is 4.40 Å². The van der Waals surface area contributed by atoms with Crippen LogP contribution in [0.4, 0.5) is 5.69 Å². The number of non-ortho nitro benzene ring substituents is 1. The van der Waals surface area contributed by atoms with Gasteiger partial charge in [-0.05, 0) is 23.8 Å². The van der Waals surface area contributed by atoms with E-state index in [9.17, 15) is 18.5 Å². The molecule has 0 bridgehead atoms. The van der Waals surface area contributed by atoms with Gasteiger partial charge in [0.25, 0.3) is 15.7 Å². The second-order valence-electron chi connectivity index (χ2n) is 4.72. The molecule has 0 aliphatic carbocycles. The Morgan fingerprint density at radius 2 is 1.75 bits per heavy atom. The van der Waals surface area contributed by atoms with Gasteiger partial charge in [-0.1, -0.05) is 30.3 Å². The molecule has 0 saturated heterocycles. The van der Waals surface area contributed by atoms with Gasteiger partial charge in [0.1, 0.15) is 5.84 Å². The van der Waals surface area contributed by atoms with Crippen LogP contribution in [0.15, 0.2) is 64.4 Å². The van der Waals surface area contributed by atoms with Gasteiger partial charge in [0.15, 0.2) is 0 Å². The van der Waals surface area contributed by atoms with Crippen LogP contribution in [-0.2, 0) is 10.0 Å². The molecule has 0 radical (unpaired) electrons. The average Bonchev–Trinajstić information content (AvgIpc) is 2.59. The summed E-state index contributed by atoms with van der Waals surface area (Å²) in [4.78, 5) is 10.1. The first-order valence-corrected chi connectivity index (χ1v) is 8.42. The molecule has 2 aromatic rings. The third-order valence-corrected chi connectivity index (χ3v) is 3.96. The molecular weight excluding hydrogens is 330 g/mol. The Balaban J connectivity index is 2.23. The Morgan fingerprint density at radius 1 is 1.12 bits per heavy atom. The van der Waals surface area contributed by atoms with Crippen molar-refractivity contribution in [3.8, 4) is 0 Å². The molecule has 0 fully saturated rings. The maximum Gasteiger partial charge on any atom is 0.277 e. The molecule has 124 valence electrons. The molecular formula is C16H15N3O4S. The van der Waals surface area contributed by atoms with Gasteiger partial charge in [0.05, 0.1) is 10.3 Å². The maximum absolute atomic E-state index is 12.1. The average molecular weight is 345 g/mol. The summed E-state index contributed by atoms with van der Waals surface area (Å²) in [6, 6.07) is 14.4. The molecule has 0 spiro atoms. The third kappa shape index (κ3) is 4.75. The largest absolute Gasteiger partial charge is 0.372 e. The van der Waals surface area contributed by atoms with Crippen molar-refractivity contribution in [1.29, 1.82) is 0 Å². The molecule has 1 N–H and O–H groups in total. The number of amidine groups is 1. The first-order valence-electron chi connectivity index (χ1n) is 6.92. The quantitative estimate of drug-likeness (QED) is 0.388. The van der Waals surface area contributed by atoms with E-state index in [2.05, 4.69) is 9.71 Å². The number of nitro groups is 1. The Labute approximate surface area is 139 Å². The lowest BCUT2D eigenvalue weighted by Gasteiger charge is -2.04. The monoisotopic (exact) mass is 345 g/mol. The zero-order valence-corrected chi connectivity index (χ0v) is 13.6. The molecule has 2 aromatic carbocycles. The van der Waals surface area contributed by atoms with Crippen molar-refractivity contribution in [2.75, 3.05) is 7.05 Å². The predicted molar refractivity (Wildman–Crippen MR) is 93.1 cm³/mol. The van der Waals surface area contributed by atoms with E-state index < -0.39 is 14.9 Å². The van der Waals surface area contributed by atoms with E-state index in [1.807, 2.05) is 6.07 Å². The molecule has 0 aromatic heterocycles. The van der Waals surface area contributed by atoms with Crippen molar-refractivity contribution in [1.82, 2.24) is 5.32 Å². The highest BCUT2D eigenvalue weighted by molar-refractivity contribution is 7.93. The summed E-state index contributed by atoms with van der Waals surface area (Å²) >= 11 is 0. The first kappa shape index (κ1) is 17.4. The van der Waals surface area contributed by atoms with Gasteiger partial charge in [-0.3, -0.25) is 10.1 Å². The minimum absolute atomic E-state index is 0.0606. The van der Waals surface area contributed by atoms with Crippen LogP contribution in [0.5, 0.6) is 0 Å². The minimum Gasteiger partial charge on any atom is -0.372 e. The van der Waals surface area contributed by atoms with E-state index in [0.29, 0.717) is 11.1 Å². The van der Waals surface area contributed by atoms with Crippen LogP contribution in [0, 0.1) is 10.1 Å². The number of sulfonamides is 1. The van der Waals surface area contributed by atoms with Crippen LogP contribution in [0.3, 0.4) is 0 Å². The Kier molecular flexibility index (Phi) is 5.43. The highest BCUT2D eigenvalue weighted by Crippen LogP contribution is 2.14. The standard InChI is InChI=1S/C16H15N3O4S/c1-17-16(14-5-3-2-4-6-14)18-24(22,23)12-11-13-7-9-15(10-8-13)19(20)21/h2-12H,1H3,(H,17,18). The zero-order valence-electron chi connectivity index (χ0n) is 12.8. The Hall–Kier alpha value is -3.00. The van der Waals surface area contributed by atoms with Crippen molar-refractivity contribution in [3.05, 3.63) is 81.2 Å². The van der Waals surface area contributed by atoms with Crippen LogP contribution in [0.1, 0.15) is 11.1 Å². The summed E-state index contributed by atoms with van der Waals surface area (Å²) in [6.45, 7) is 0. The van der Waals surface area contributed by atoms with E-state index in [-0.39, 0.29) is 11.5 Å². The van der Waals surface area contributed by atoms with Crippen LogP contribution >= 0.6 is 0 Å². The molecule has 0 amide bonds. The fourth-order valence-electron chi connectivity index (χ4n) is 1.87. The number of benzene rings is 2. The minimum atomic E-state index is -3.85. The summed E-state index contributed by atoms with van der Waals surface area (Å²) in [5, 5.41) is 14.3. The van der Waals surface area contributed by atoms with E-state index in [4.69, 9.17) is 0 Å². The zero-order chi connectivity index (χ0) is 17.6. The topological polar surface area (TPSA) is 102 Å². The first-order chi connectivity index (χ1) is 11.4. The normalized spacial score (nSPS) is 12.3. The van der Waals surface area contributed by atoms with Crippen LogP contribution in [0.2, 0.25) is 0 Å². The lowest BCUT2D eigenvalue weighted by atomic mass is 10.2. The van der Waals surface area contributed by atoms with Gasteiger partial charge in [-0.2, -0.15) is 8.42 Å². The number of nitro benzene ring substituents is 1. The molecule has 24 heavy (non-hydrogen) atoms. The highest BCUT2D eigenvalue weighted by Gasteiger charge is 2.08. The lowest BCUT2D eigenvalue weighted by molar-refractivity contribution is -0.384. The summed E-state index contributed by atoms with van der Waals surface area (Å²) in [7, 11) is -2.27. The number of hydrogen-bond donors (Lipinski definition) is 1. The van der Waals surface area contributed by atoms with Crippen LogP contribution < -0.4 is 5.32 Å². The molecule has 7 nitrogen and oxygen atoms in total. The molecule has 0 aliphatic rings. The summed E-state index contributed by atoms with van der Waals surface area (Å²) in [5.74, 6) is 0.226. The Bertz CT molecular complexity index is 873. The van der Waals surface area contributed by atoms with Crippen molar-refractivity contribution in [2.45, 2.75) is 0 Å². The maximum atomic E-state index is 12.1. The van der Waals surface area contributed by atoms with E-state index in [1.54, 1.807) is 31.3 Å². The van der Waals surface area contributed by atoms with Crippen LogP contribution in [-0.4, -0.2) is 26.2 Å². The van der Waals surface area contributed by atoms with E-state index >= 15 is 0 Å². The SMILES string of the molecule is CNC(=NS(=O)(=O)C=Cc1ccc([N+](=O)[O-])cc1)c1ccccc1. The molecule has 0 atom stereocenters. The van der Waals surface area contributed by atoms with Crippen LogP contribution in [0.25, 0.3) is 6.08 Å². The number of hydrogen-bond acceptors (Lipinski definition) is 4. The fourth-order valence-corrected chi connectivity index (χ4v) is 2.71. The number of nitrogens with zero attached hydrogens (tertiary/aromatic N) is 2. The number of rotatable bonds is 5. The Morgan fingerprint density at radius 3 is 2.29 bits per heavy atom. The molecule has 0 aliphatic heterocycles. The van der Waals surface area contributed by atoms with E-state index in [0.717, 1.165) is 5.41 Å². The second kappa shape index (κ2) is 7.51. The van der Waals surface area contributed by atoms with Crippen molar-refractivity contribution in [2.24, 2.45) is 4.40 Å². The molecule has 0 unspecified atom stereocenters. The third-order valence-electron chi connectivity index (χ3n) is 3.04. The van der Waals surface area contributed by atoms with Gasteiger partial charge >= 0.3 is 0 Å². The lowest BCUT2D eigenvalue weighted by Crippen LogP contribution is -2.20. The van der Waals surface area contributed by atoms with Crippen molar-refractivity contribution < 1.29 is 13.3 Å². The summed E-state index contributed by atoms with van der Waals surface area (Å²) in [6.07, 6.45) is 1.33. The molecule has 0 saturated carbocycles. The number of nitrogens with one attached hydrogen (secondary N) is 1. The smallest absolute Gasteiger partial charge is 0.277 e. The summed E-state index contributed by atoms with van der Waals surface area (Å²) < 4.78 is 27.9. The summed E-state index contributed by atoms with van der Waals surface area (Å²) in [5.41, 5.74) is 1.10. The van der Waals surface area contributed by atoms with Gasteiger partial charge in [0.2, 0.25) is 0 Å². The van der Waals surface area contributed by atoms with E-state index in [1.165, 1.54) is 30.3 Å². The van der Waals surface area contributed by atoms with Crippen molar-refractivity contribution >= 4 is 27.6 Å². The van der Waals surface area contributed by atoms with Gasteiger partial charge in [-0.25, -0.2) is 0 Å². The highest BCUT2D eigenvalue weighted by atomic mass is 32.2.